The zero-order valence-corrected chi connectivity index (χ0v) is 19.2. The highest BCUT2D eigenvalue weighted by molar-refractivity contribution is 5.96. The Hall–Kier alpha value is -3.92. The van der Waals surface area contributed by atoms with Crippen LogP contribution in [0.1, 0.15) is 40.4 Å². The highest BCUT2D eigenvalue weighted by Crippen LogP contribution is 2.26. The number of anilines is 2. The Morgan fingerprint density at radius 3 is 2.58 bits per heavy atom. The maximum atomic E-state index is 12.9. The number of ketones is 1. The Balaban J connectivity index is 1.51. The molecule has 2 amide bonds. The van der Waals surface area contributed by atoms with Crippen molar-refractivity contribution < 1.29 is 9.59 Å². The van der Waals surface area contributed by atoms with Crippen LogP contribution >= 0.6 is 0 Å². The molecule has 0 spiro atoms. The van der Waals surface area contributed by atoms with Crippen LogP contribution in [0.5, 0.6) is 0 Å². The van der Waals surface area contributed by atoms with Crippen molar-refractivity contribution in [1.29, 1.82) is 5.26 Å². The summed E-state index contributed by atoms with van der Waals surface area (Å²) < 4.78 is 0. The number of pyridine rings is 1. The predicted octanol–water partition coefficient (Wildman–Crippen LogP) is 4.67. The predicted molar refractivity (Wildman–Crippen MR) is 130 cm³/mol. The number of nitrogens with one attached hydrogen (secondary N) is 1. The number of aromatic nitrogens is 1. The molecule has 1 fully saturated rings. The SMILES string of the molecule is CC(=O)c1cccc(NC(=O)N2CCCN(c3nc4cc(C)c(C)cc4cc3C#N)CC2)c1. The zero-order valence-electron chi connectivity index (χ0n) is 19.2. The third-order valence-electron chi connectivity index (χ3n) is 6.13. The van der Waals surface area contributed by atoms with E-state index in [0.717, 1.165) is 17.3 Å². The summed E-state index contributed by atoms with van der Waals surface area (Å²) in [4.78, 5) is 33.2. The number of benzene rings is 2. The van der Waals surface area contributed by atoms with Gasteiger partial charge in [0, 0.05) is 42.8 Å². The van der Waals surface area contributed by atoms with Crippen LogP contribution in [0.25, 0.3) is 10.9 Å². The largest absolute Gasteiger partial charge is 0.354 e. The highest BCUT2D eigenvalue weighted by Gasteiger charge is 2.22. The molecule has 0 bridgehead atoms. The molecule has 0 aliphatic carbocycles. The van der Waals surface area contributed by atoms with Gasteiger partial charge in [-0.3, -0.25) is 4.79 Å². The van der Waals surface area contributed by atoms with Gasteiger partial charge in [-0.25, -0.2) is 9.78 Å². The molecule has 2 aromatic carbocycles. The van der Waals surface area contributed by atoms with Crippen molar-refractivity contribution in [3.63, 3.8) is 0 Å². The van der Waals surface area contributed by atoms with Crippen LogP contribution in [0.2, 0.25) is 0 Å². The number of Topliss-reactive ketones (excluding diaryl/α,β-unsaturated/α-hetero) is 1. The molecule has 4 rings (SSSR count). The van der Waals surface area contributed by atoms with Crippen LogP contribution in [0.3, 0.4) is 0 Å². The summed E-state index contributed by atoms with van der Waals surface area (Å²) in [5.74, 6) is 0.628. The zero-order chi connectivity index (χ0) is 23.5. The van der Waals surface area contributed by atoms with Crippen molar-refractivity contribution in [3.8, 4) is 6.07 Å². The van der Waals surface area contributed by atoms with E-state index in [-0.39, 0.29) is 11.8 Å². The number of carbonyl (C=O) groups excluding carboxylic acids is 2. The number of hydrogen-bond donors (Lipinski definition) is 1. The molecule has 0 radical (unpaired) electrons. The topological polar surface area (TPSA) is 89.3 Å². The number of nitrogens with zero attached hydrogens (tertiary/aromatic N) is 4. The first-order valence-corrected chi connectivity index (χ1v) is 11.1. The monoisotopic (exact) mass is 441 g/mol. The molecule has 168 valence electrons. The number of fused-ring (bicyclic) bond motifs is 1. The van der Waals surface area contributed by atoms with E-state index in [1.807, 2.05) is 6.07 Å². The van der Waals surface area contributed by atoms with Crippen molar-refractivity contribution in [1.82, 2.24) is 9.88 Å². The number of nitriles is 1. The van der Waals surface area contributed by atoms with Gasteiger partial charge in [0.2, 0.25) is 0 Å². The average molecular weight is 442 g/mol. The lowest BCUT2D eigenvalue weighted by atomic mass is 10.0. The number of carbonyl (C=O) groups is 2. The third-order valence-corrected chi connectivity index (χ3v) is 6.13. The van der Waals surface area contributed by atoms with Gasteiger partial charge >= 0.3 is 6.03 Å². The molecule has 0 unspecified atom stereocenters. The lowest BCUT2D eigenvalue weighted by Crippen LogP contribution is -2.38. The summed E-state index contributed by atoms with van der Waals surface area (Å²) in [5, 5.41) is 13.6. The van der Waals surface area contributed by atoms with Gasteiger partial charge < -0.3 is 15.1 Å². The summed E-state index contributed by atoms with van der Waals surface area (Å²) in [6.45, 7) is 8.02. The summed E-state index contributed by atoms with van der Waals surface area (Å²) in [7, 11) is 0. The van der Waals surface area contributed by atoms with E-state index in [0.29, 0.717) is 48.8 Å². The van der Waals surface area contributed by atoms with Crippen LogP contribution in [-0.2, 0) is 0 Å². The Morgan fingerprint density at radius 2 is 1.82 bits per heavy atom. The fraction of sp³-hybridized carbons (Fsp3) is 0.308. The fourth-order valence-electron chi connectivity index (χ4n) is 4.10. The maximum Gasteiger partial charge on any atom is 0.321 e. The van der Waals surface area contributed by atoms with E-state index >= 15 is 0 Å². The lowest BCUT2D eigenvalue weighted by Gasteiger charge is -2.24. The number of urea groups is 1. The van der Waals surface area contributed by atoms with E-state index in [4.69, 9.17) is 4.98 Å². The van der Waals surface area contributed by atoms with E-state index in [2.05, 4.69) is 42.3 Å². The molecule has 0 saturated carbocycles. The molecule has 1 N–H and O–H groups in total. The molecular formula is C26H27N5O2. The van der Waals surface area contributed by atoms with Gasteiger partial charge in [0.25, 0.3) is 0 Å². The maximum absolute atomic E-state index is 12.9. The Morgan fingerprint density at radius 1 is 1.03 bits per heavy atom. The van der Waals surface area contributed by atoms with Gasteiger partial charge in [0.15, 0.2) is 5.78 Å². The van der Waals surface area contributed by atoms with Crippen molar-refractivity contribution >= 4 is 34.2 Å². The number of amides is 2. The van der Waals surface area contributed by atoms with Gasteiger partial charge in [0.1, 0.15) is 11.9 Å². The fourth-order valence-corrected chi connectivity index (χ4v) is 4.10. The van der Waals surface area contributed by atoms with Crippen molar-refractivity contribution in [2.45, 2.75) is 27.2 Å². The van der Waals surface area contributed by atoms with Gasteiger partial charge in [0.05, 0.1) is 11.1 Å². The van der Waals surface area contributed by atoms with E-state index in [1.54, 1.807) is 29.2 Å². The van der Waals surface area contributed by atoms with E-state index < -0.39 is 0 Å². The van der Waals surface area contributed by atoms with Crippen molar-refractivity contribution in [3.05, 3.63) is 64.7 Å². The van der Waals surface area contributed by atoms with E-state index in [1.165, 1.54) is 18.1 Å². The van der Waals surface area contributed by atoms with Crippen molar-refractivity contribution in [2.24, 2.45) is 0 Å². The van der Waals surface area contributed by atoms with Gasteiger partial charge in [-0.2, -0.15) is 5.26 Å². The van der Waals surface area contributed by atoms with E-state index in [9.17, 15) is 14.9 Å². The van der Waals surface area contributed by atoms with Crippen LogP contribution in [0.15, 0.2) is 42.5 Å². The minimum absolute atomic E-state index is 0.0435. The molecule has 2 heterocycles. The summed E-state index contributed by atoms with van der Waals surface area (Å²) in [6.07, 6.45) is 0.762. The molecule has 1 aliphatic rings. The average Bonchev–Trinajstić information content (AvgIpc) is 3.05. The number of hydrogen-bond acceptors (Lipinski definition) is 5. The van der Waals surface area contributed by atoms with Crippen LogP contribution in [0, 0.1) is 25.2 Å². The van der Waals surface area contributed by atoms with Gasteiger partial charge in [-0.1, -0.05) is 12.1 Å². The number of aryl methyl sites for hydroxylation is 2. The highest BCUT2D eigenvalue weighted by atomic mass is 16.2. The summed E-state index contributed by atoms with van der Waals surface area (Å²) >= 11 is 0. The quantitative estimate of drug-likeness (QED) is 0.597. The van der Waals surface area contributed by atoms with Gasteiger partial charge in [-0.15, -0.1) is 0 Å². The molecule has 7 nitrogen and oxygen atoms in total. The lowest BCUT2D eigenvalue weighted by molar-refractivity contribution is 0.101. The molecule has 1 aliphatic heterocycles. The molecule has 1 saturated heterocycles. The molecule has 0 atom stereocenters. The standard InChI is InChI=1S/C26H27N5O2/c1-17-12-21-14-22(16-27)25(29-24(21)13-18(17)2)30-8-5-9-31(11-10-30)26(33)28-23-7-4-6-20(15-23)19(3)32/h4,6-7,12-15H,5,8-11H2,1-3H3,(H,28,33). The Bertz CT molecular complexity index is 1280. The van der Waals surface area contributed by atoms with Crippen LogP contribution < -0.4 is 10.2 Å². The first-order valence-electron chi connectivity index (χ1n) is 11.1. The molecule has 3 aromatic rings. The second-order valence-electron chi connectivity index (χ2n) is 8.50. The molecule has 7 heteroatoms. The van der Waals surface area contributed by atoms with Gasteiger partial charge in [-0.05, 0) is 68.7 Å². The van der Waals surface area contributed by atoms with Crippen molar-refractivity contribution in [2.75, 3.05) is 36.4 Å². The van der Waals surface area contributed by atoms with Crippen LogP contribution in [-0.4, -0.2) is 47.9 Å². The minimum atomic E-state index is -0.198. The summed E-state index contributed by atoms with van der Waals surface area (Å²) in [5.41, 5.74) is 4.92. The molecular weight excluding hydrogens is 414 g/mol. The second-order valence-corrected chi connectivity index (χ2v) is 8.50. The number of rotatable bonds is 3. The smallest absolute Gasteiger partial charge is 0.321 e. The first kappa shape index (κ1) is 22.3. The second kappa shape index (κ2) is 9.29. The first-order chi connectivity index (χ1) is 15.9. The summed E-state index contributed by atoms with van der Waals surface area (Å²) in [6, 6.07) is 15.1. The molecule has 33 heavy (non-hydrogen) atoms. The Kier molecular flexibility index (Phi) is 6.27. The third kappa shape index (κ3) is 4.80. The normalized spacial score (nSPS) is 14.0. The Labute approximate surface area is 193 Å². The minimum Gasteiger partial charge on any atom is -0.354 e. The molecule has 1 aromatic heterocycles. The van der Waals surface area contributed by atoms with Crippen LogP contribution in [0.4, 0.5) is 16.3 Å².